The number of halogens is 3. The number of rotatable bonds is 6. The number of hydrogen-bond acceptors (Lipinski definition) is 3. The van der Waals surface area contributed by atoms with Crippen molar-refractivity contribution in [2.24, 2.45) is 5.92 Å². The average Bonchev–Trinajstić information content (AvgIpc) is 3.06. The predicted octanol–water partition coefficient (Wildman–Crippen LogP) is 3.41. The van der Waals surface area contributed by atoms with Crippen molar-refractivity contribution in [3.8, 4) is 0 Å². The molecule has 0 radical (unpaired) electrons. The summed E-state index contributed by atoms with van der Waals surface area (Å²) in [6.45, 7) is 1.12. The largest absolute Gasteiger partial charge is 0.481 e. The first-order chi connectivity index (χ1) is 13.2. The van der Waals surface area contributed by atoms with Gasteiger partial charge in [0.05, 0.1) is 17.6 Å². The number of aliphatic hydroxyl groups is 1. The standard InChI is InChI=1S/C21H22F3NO3/c22-21(23,24)16-8-6-14(7-9-16)10-17(26)11-25-12-18(19(13-25)20(27)28)15-4-2-1-3-5-15/h1-9,17-19,26H,10-13H2,(H,27,28)/t17?,18-,19+/m1/s1. The number of hydrogen-bond donors (Lipinski definition) is 2. The molecule has 0 saturated carbocycles. The Kier molecular flexibility index (Phi) is 6.05. The number of carboxylic acid groups (broad SMARTS) is 1. The van der Waals surface area contributed by atoms with Crippen LogP contribution in [0.3, 0.4) is 0 Å². The van der Waals surface area contributed by atoms with Crippen molar-refractivity contribution in [2.75, 3.05) is 19.6 Å². The van der Waals surface area contributed by atoms with E-state index in [1.54, 1.807) is 0 Å². The summed E-state index contributed by atoms with van der Waals surface area (Å²) in [4.78, 5) is 13.5. The van der Waals surface area contributed by atoms with Gasteiger partial charge >= 0.3 is 12.1 Å². The number of likely N-dealkylation sites (tertiary alicyclic amines) is 1. The molecular formula is C21H22F3NO3. The summed E-state index contributed by atoms with van der Waals surface area (Å²) in [5.41, 5.74) is 0.837. The maximum absolute atomic E-state index is 12.6. The van der Waals surface area contributed by atoms with Gasteiger partial charge in [-0.15, -0.1) is 0 Å². The summed E-state index contributed by atoms with van der Waals surface area (Å²) < 4.78 is 37.9. The van der Waals surface area contributed by atoms with Gasteiger partial charge in [-0.2, -0.15) is 13.2 Å². The summed E-state index contributed by atoms with van der Waals surface area (Å²) in [5.74, 6) is -1.58. The molecule has 1 unspecified atom stereocenters. The van der Waals surface area contributed by atoms with Gasteiger partial charge in [0.2, 0.25) is 0 Å². The maximum Gasteiger partial charge on any atom is 0.416 e. The third-order valence-corrected chi connectivity index (χ3v) is 5.16. The minimum absolute atomic E-state index is 0.156. The van der Waals surface area contributed by atoms with Crippen LogP contribution in [0.2, 0.25) is 0 Å². The molecule has 4 nitrogen and oxygen atoms in total. The van der Waals surface area contributed by atoms with Crippen molar-refractivity contribution in [1.82, 2.24) is 4.90 Å². The molecule has 7 heteroatoms. The molecule has 1 aliphatic heterocycles. The third-order valence-electron chi connectivity index (χ3n) is 5.16. The second-order valence-corrected chi connectivity index (χ2v) is 7.23. The molecule has 2 N–H and O–H groups in total. The van der Waals surface area contributed by atoms with Gasteiger partial charge in [-0.3, -0.25) is 9.69 Å². The van der Waals surface area contributed by atoms with Gasteiger partial charge < -0.3 is 10.2 Å². The van der Waals surface area contributed by atoms with E-state index < -0.39 is 29.7 Å². The molecule has 0 aliphatic carbocycles. The first-order valence-corrected chi connectivity index (χ1v) is 9.08. The molecule has 0 aromatic heterocycles. The second-order valence-electron chi connectivity index (χ2n) is 7.23. The van der Waals surface area contributed by atoms with Crippen LogP contribution in [-0.2, 0) is 17.4 Å². The molecule has 1 fully saturated rings. The van der Waals surface area contributed by atoms with E-state index in [4.69, 9.17) is 0 Å². The van der Waals surface area contributed by atoms with E-state index >= 15 is 0 Å². The number of aliphatic hydroxyl groups excluding tert-OH is 1. The molecule has 150 valence electrons. The molecule has 0 amide bonds. The third kappa shape index (κ3) is 4.91. The number of carbonyl (C=O) groups is 1. The van der Waals surface area contributed by atoms with Crippen LogP contribution < -0.4 is 0 Å². The molecule has 2 aromatic carbocycles. The summed E-state index contributed by atoms with van der Waals surface area (Å²) in [6.07, 6.45) is -4.96. The molecule has 28 heavy (non-hydrogen) atoms. The Morgan fingerprint density at radius 2 is 1.71 bits per heavy atom. The van der Waals surface area contributed by atoms with Crippen LogP contribution in [0, 0.1) is 5.92 Å². The van der Waals surface area contributed by atoms with Gasteiger partial charge in [-0.25, -0.2) is 0 Å². The zero-order valence-electron chi connectivity index (χ0n) is 15.1. The zero-order chi connectivity index (χ0) is 20.3. The SMILES string of the molecule is O=C(O)[C@H]1CN(CC(O)Cc2ccc(C(F)(F)F)cc2)C[C@@H]1c1ccccc1. The molecule has 0 spiro atoms. The highest BCUT2D eigenvalue weighted by Gasteiger charge is 2.38. The molecule has 1 saturated heterocycles. The zero-order valence-corrected chi connectivity index (χ0v) is 15.1. The molecule has 1 aliphatic rings. The topological polar surface area (TPSA) is 60.8 Å². The lowest BCUT2D eigenvalue weighted by Gasteiger charge is -2.20. The van der Waals surface area contributed by atoms with E-state index in [0.717, 1.165) is 17.7 Å². The predicted molar refractivity (Wildman–Crippen MR) is 97.9 cm³/mol. The average molecular weight is 393 g/mol. The van der Waals surface area contributed by atoms with Crippen molar-refractivity contribution in [3.63, 3.8) is 0 Å². The number of alkyl halides is 3. The van der Waals surface area contributed by atoms with E-state index in [0.29, 0.717) is 18.7 Å². The summed E-state index contributed by atoms with van der Waals surface area (Å²) in [5, 5.41) is 19.9. The number of β-amino-alcohol motifs (C(OH)–C–C–N with tert-alkyl or cyclic N) is 1. The fourth-order valence-electron chi connectivity index (χ4n) is 3.79. The summed E-state index contributed by atoms with van der Waals surface area (Å²) in [6, 6.07) is 14.2. The molecule has 3 atom stereocenters. The molecular weight excluding hydrogens is 371 g/mol. The number of benzene rings is 2. The van der Waals surface area contributed by atoms with Gasteiger partial charge in [0, 0.05) is 25.6 Å². The lowest BCUT2D eigenvalue weighted by molar-refractivity contribution is -0.141. The van der Waals surface area contributed by atoms with Crippen LogP contribution in [-0.4, -0.2) is 46.8 Å². The minimum Gasteiger partial charge on any atom is -0.481 e. The van der Waals surface area contributed by atoms with Gasteiger partial charge in [0.25, 0.3) is 0 Å². The highest BCUT2D eigenvalue weighted by Crippen LogP contribution is 2.33. The lowest BCUT2D eigenvalue weighted by atomic mass is 9.89. The monoisotopic (exact) mass is 393 g/mol. The van der Waals surface area contributed by atoms with Crippen LogP contribution in [0.1, 0.15) is 22.6 Å². The Labute approximate surface area is 161 Å². The van der Waals surface area contributed by atoms with E-state index in [1.165, 1.54) is 12.1 Å². The van der Waals surface area contributed by atoms with Crippen LogP contribution in [0.5, 0.6) is 0 Å². The summed E-state index contributed by atoms with van der Waals surface area (Å²) >= 11 is 0. The van der Waals surface area contributed by atoms with Crippen molar-refractivity contribution in [1.29, 1.82) is 0 Å². The van der Waals surface area contributed by atoms with Crippen LogP contribution in [0.15, 0.2) is 54.6 Å². The first-order valence-electron chi connectivity index (χ1n) is 9.08. The van der Waals surface area contributed by atoms with Crippen LogP contribution in [0.4, 0.5) is 13.2 Å². The van der Waals surface area contributed by atoms with Gasteiger partial charge in [0.1, 0.15) is 0 Å². The van der Waals surface area contributed by atoms with Gasteiger partial charge in [0.15, 0.2) is 0 Å². The first kappa shape index (κ1) is 20.4. The molecule has 1 heterocycles. The normalized spacial score (nSPS) is 21.6. The molecule has 3 rings (SSSR count). The highest BCUT2D eigenvalue weighted by atomic mass is 19.4. The Balaban J connectivity index is 1.61. The second kappa shape index (κ2) is 8.32. The fraction of sp³-hybridized carbons (Fsp3) is 0.381. The van der Waals surface area contributed by atoms with E-state index in [1.807, 2.05) is 35.2 Å². The van der Waals surface area contributed by atoms with Crippen molar-refractivity contribution in [3.05, 3.63) is 71.3 Å². The van der Waals surface area contributed by atoms with E-state index in [2.05, 4.69) is 0 Å². The highest BCUT2D eigenvalue weighted by molar-refractivity contribution is 5.72. The Bertz CT molecular complexity index is 793. The number of aliphatic carboxylic acids is 1. The minimum atomic E-state index is -4.38. The number of nitrogens with zero attached hydrogens (tertiary/aromatic N) is 1. The Hall–Kier alpha value is -2.38. The molecule has 2 aromatic rings. The smallest absolute Gasteiger partial charge is 0.416 e. The van der Waals surface area contributed by atoms with E-state index in [9.17, 15) is 28.2 Å². The number of carboxylic acids is 1. The van der Waals surface area contributed by atoms with Gasteiger partial charge in [-0.05, 0) is 29.7 Å². The quantitative estimate of drug-likeness (QED) is 0.790. The molecule has 0 bridgehead atoms. The van der Waals surface area contributed by atoms with Crippen LogP contribution in [0.25, 0.3) is 0 Å². The van der Waals surface area contributed by atoms with Crippen molar-refractivity contribution in [2.45, 2.75) is 24.6 Å². The van der Waals surface area contributed by atoms with Crippen LogP contribution >= 0.6 is 0 Å². The van der Waals surface area contributed by atoms with Gasteiger partial charge in [-0.1, -0.05) is 42.5 Å². The fourth-order valence-corrected chi connectivity index (χ4v) is 3.79. The Morgan fingerprint density at radius 1 is 1.07 bits per heavy atom. The van der Waals surface area contributed by atoms with Crippen molar-refractivity contribution >= 4 is 5.97 Å². The lowest BCUT2D eigenvalue weighted by Crippen LogP contribution is -2.32. The maximum atomic E-state index is 12.6. The summed E-state index contributed by atoms with van der Waals surface area (Å²) in [7, 11) is 0. The van der Waals surface area contributed by atoms with Crippen molar-refractivity contribution < 1.29 is 28.2 Å². The van der Waals surface area contributed by atoms with E-state index in [-0.39, 0.29) is 18.9 Å². The Morgan fingerprint density at radius 3 is 2.29 bits per heavy atom.